The van der Waals surface area contributed by atoms with Crippen molar-refractivity contribution < 1.29 is 4.39 Å². The summed E-state index contributed by atoms with van der Waals surface area (Å²) in [5, 5.41) is 1.05. The summed E-state index contributed by atoms with van der Waals surface area (Å²) >= 11 is 0. The maximum Gasteiger partial charge on any atom is 0.257 e. The molecule has 5 rings (SSSR count). The highest BCUT2D eigenvalue weighted by Gasteiger charge is 2.24. The number of hydrogen-bond acceptors (Lipinski definition) is 3. The van der Waals surface area contributed by atoms with E-state index in [0.717, 1.165) is 52.7 Å². The monoisotopic (exact) mass is 427 g/mol. The molecule has 5 heteroatoms. The van der Waals surface area contributed by atoms with E-state index in [1.54, 1.807) is 22.9 Å². The number of nitrogens with zero attached hydrogens (tertiary/aromatic N) is 3. The number of aryl methyl sites for hydroxylation is 1. The second-order valence-corrected chi connectivity index (χ2v) is 8.48. The van der Waals surface area contributed by atoms with Gasteiger partial charge in [0.15, 0.2) is 0 Å². The van der Waals surface area contributed by atoms with Crippen molar-refractivity contribution in [3.8, 4) is 0 Å². The first kappa shape index (κ1) is 20.6. The van der Waals surface area contributed by atoms with Crippen LogP contribution in [-0.4, -0.2) is 21.0 Å². The molecule has 0 bridgehead atoms. The van der Waals surface area contributed by atoms with Gasteiger partial charge in [0, 0.05) is 36.8 Å². The minimum atomic E-state index is -0.228. The van der Waals surface area contributed by atoms with E-state index in [4.69, 9.17) is 0 Å². The van der Waals surface area contributed by atoms with Gasteiger partial charge in [-0.25, -0.2) is 9.37 Å². The van der Waals surface area contributed by atoms with E-state index < -0.39 is 0 Å². The molecule has 0 radical (unpaired) electrons. The highest BCUT2D eigenvalue weighted by atomic mass is 19.1. The third-order valence-corrected chi connectivity index (χ3v) is 6.36. The third-order valence-electron chi connectivity index (χ3n) is 6.36. The lowest BCUT2D eigenvalue weighted by molar-refractivity contribution is 0.244. The Balaban J connectivity index is 1.53. The lowest BCUT2D eigenvalue weighted by atomic mass is 9.97. The highest BCUT2D eigenvalue weighted by Crippen LogP contribution is 2.25. The van der Waals surface area contributed by atoms with Gasteiger partial charge in [0.25, 0.3) is 5.56 Å². The molecule has 0 spiro atoms. The molecule has 0 saturated carbocycles. The number of rotatable bonds is 5. The summed E-state index contributed by atoms with van der Waals surface area (Å²) in [7, 11) is 0. The minimum absolute atomic E-state index is 0.0229. The molecule has 0 unspecified atom stereocenters. The number of fused-ring (bicyclic) bond motifs is 3. The van der Waals surface area contributed by atoms with Crippen molar-refractivity contribution in [3.05, 3.63) is 111 Å². The van der Waals surface area contributed by atoms with Gasteiger partial charge in [-0.1, -0.05) is 43.3 Å². The SMILES string of the molecule is CCc1ccc(Cn2c(=O)c3c(c4cccnc42)CCN(Cc2cccc(F)c2)C3)cc1. The van der Waals surface area contributed by atoms with Crippen LogP contribution in [0.3, 0.4) is 0 Å². The van der Waals surface area contributed by atoms with E-state index in [-0.39, 0.29) is 11.4 Å². The van der Waals surface area contributed by atoms with E-state index in [0.29, 0.717) is 19.6 Å². The van der Waals surface area contributed by atoms with Crippen molar-refractivity contribution in [1.29, 1.82) is 0 Å². The van der Waals surface area contributed by atoms with Crippen molar-refractivity contribution in [1.82, 2.24) is 14.5 Å². The average molecular weight is 428 g/mol. The molecule has 0 amide bonds. The molecule has 0 saturated heterocycles. The molecule has 32 heavy (non-hydrogen) atoms. The van der Waals surface area contributed by atoms with Gasteiger partial charge in [-0.3, -0.25) is 14.3 Å². The number of hydrogen-bond donors (Lipinski definition) is 0. The molecule has 162 valence electrons. The molecule has 0 N–H and O–H groups in total. The van der Waals surface area contributed by atoms with Crippen LogP contribution in [0.25, 0.3) is 11.0 Å². The van der Waals surface area contributed by atoms with Crippen LogP contribution in [-0.2, 0) is 32.5 Å². The summed E-state index contributed by atoms with van der Waals surface area (Å²) in [6.45, 7) is 4.64. The Hall–Kier alpha value is -3.31. The topological polar surface area (TPSA) is 38.1 Å². The van der Waals surface area contributed by atoms with Crippen LogP contribution in [0.15, 0.2) is 71.7 Å². The lowest BCUT2D eigenvalue weighted by Crippen LogP contribution is -2.37. The summed E-state index contributed by atoms with van der Waals surface area (Å²) in [6.07, 6.45) is 3.53. The van der Waals surface area contributed by atoms with Crippen molar-refractivity contribution in [3.63, 3.8) is 0 Å². The second-order valence-electron chi connectivity index (χ2n) is 8.48. The van der Waals surface area contributed by atoms with Crippen LogP contribution < -0.4 is 5.56 Å². The van der Waals surface area contributed by atoms with Crippen molar-refractivity contribution in [2.45, 2.75) is 39.4 Å². The normalized spacial score (nSPS) is 13.9. The molecule has 0 fully saturated rings. The Bertz CT molecular complexity index is 1330. The van der Waals surface area contributed by atoms with Crippen LogP contribution >= 0.6 is 0 Å². The van der Waals surface area contributed by atoms with Gasteiger partial charge in [0.2, 0.25) is 0 Å². The molecule has 4 nitrogen and oxygen atoms in total. The Morgan fingerprint density at radius 2 is 1.75 bits per heavy atom. The predicted octanol–water partition coefficient (Wildman–Crippen LogP) is 4.70. The molecular formula is C27H26FN3O. The van der Waals surface area contributed by atoms with E-state index >= 15 is 0 Å². The number of aromatic nitrogens is 2. The molecule has 1 aliphatic rings. The van der Waals surface area contributed by atoms with Gasteiger partial charge in [0.05, 0.1) is 6.54 Å². The first-order valence-corrected chi connectivity index (χ1v) is 11.2. The van der Waals surface area contributed by atoms with Crippen LogP contribution in [0.2, 0.25) is 0 Å². The van der Waals surface area contributed by atoms with Gasteiger partial charge < -0.3 is 0 Å². The van der Waals surface area contributed by atoms with Crippen molar-refractivity contribution >= 4 is 11.0 Å². The zero-order valence-corrected chi connectivity index (χ0v) is 18.2. The zero-order valence-electron chi connectivity index (χ0n) is 18.2. The molecular weight excluding hydrogens is 401 g/mol. The van der Waals surface area contributed by atoms with Crippen LogP contribution in [0.5, 0.6) is 0 Å². The quantitative estimate of drug-likeness (QED) is 0.463. The van der Waals surface area contributed by atoms with Crippen LogP contribution in [0, 0.1) is 5.82 Å². The number of benzene rings is 2. The number of pyridine rings is 2. The molecule has 2 aromatic carbocycles. The lowest BCUT2D eigenvalue weighted by Gasteiger charge is -2.30. The number of halogens is 1. The summed E-state index contributed by atoms with van der Waals surface area (Å²) in [5.41, 5.74) is 5.99. The van der Waals surface area contributed by atoms with Gasteiger partial charge in [-0.2, -0.15) is 0 Å². The van der Waals surface area contributed by atoms with Gasteiger partial charge >= 0.3 is 0 Å². The Labute approximate surface area is 187 Å². The molecule has 0 aliphatic carbocycles. The Kier molecular flexibility index (Phi) is 5.58. The maximum atomic E-state index is 13.6. The zero-order chi connectivity index (χ0) is 22.1. The van der Waals surface area contributed by atoms with E-state index in [2.05, 4.69) is 47.1 Å². The summed E-state index contributed by atoms with van der Waals surface area (Å²) in [6, 6.07) is 19.1. The third kappa shape index (κ3) is 3.96. The summed E-state index contributed by atoms with van der Waals surface area (Å²) < 4.78 is 15.4. The average Bonchev–Trinajstić information content (AvgIpc) is 2.82. The summed E-state index contributed by atoms with van der Waals surface area (Å²) in [4.78, 5) is 20.5. The molecule has 1 aliphatic heterocycles. The fraction of sp³-hybridized carbons (Fsp3) is 0.259. The standard InChI is InChI=1S/C27H26FN3O/c1-2-19-8-10-20(11-9-19)17-31-26-24(7-4-13-29-26)23-12-14-30(18-25(23)27(31)32)16-21-5-3-6-22(28)15-21/h3-11,13,15H,2,12,14,16-18H2,1H3. The van der Waals surface area contributed by atoms with Crippen LogP contribution in [0.1, 0.15) is 34.7 Å². The van der Waals surface area contributed by atoms with Gasteiger partial charge in [-0.05, 0) is 59.4 Å². The Morgan fingerprint density at radius 1 is 0.938 bits per heavy atom. The van der Waals surface area contributed by atoms with Gasteiger partial charge in [-0.15, -0.1) is 0 Å². The molecule has 0 atom stereocenters. The predicted molar refractivity (Wildman–Crippen MR) is 125 cm³/mol. The molecule has 3 heterocycles. The smallest absolute Gasteiger partial charge is 0.257 e. The summed E-state index contributed by atoms with van der Waals surface area (Å²) in [5.74, 6) is -0.228. The fourth-order valence-electron chi connectivity index (χ4n) is 4.66. The second kappa shape index (κ2) is 8.67. The van der Waals surface area contributed by atoms with E-state index in [1.807, 2.05) is 12.1 Å². The minimum Gasteiger partial charge on any atom is -0.294 e. The van der Waals surface area contributed by atoms with Crippen molar-refractivity contribution in [2.24, 2.45) is 0 Å². The van der Waals surface area contributed by atoms with Gasteiger partial charge in [0.1, 0.15) is 11.5 Å². The highest BCUT2D eigenvalue weighted by molar-refractivity contribution is 5.80. The molecule has 2 aromatic heterocycles. The first-order chi connectivity index (χ1) is 15.6. The van der Waals surface area contributed by atoms with E-state index in [9.17, 15) is 9.18 Å². The van der Waals surface area contributed by atoms with Crippen LogP contribution in [0.4, 0.5) is 4.39 Å². The fourth-order valence-corrected chi connectivity index (χ4v) is 4.66. The van der Waals surface area contributed by atoms with Crippen molar-refractivity contribution in [2.75, 3.05) is 6.54 Å². The largest absolute Gasteiger partial charge is 0.294 e. The maximum absolute atomic E-state index is 13.6. The Morgan fingerprint density at radius 3 is 2.53 bits per heavy atom. The van der Waals surface area contributed by atoms with E-state index in [1.165, 1.54) is 11.6 Å². The molecule has 4 aromatic rings. The first-order valence-electron chi connectivity index (χ1n) is 11.2.